The number of aliphatic hydroxyl groups excluding tert-OH is 1. The Labute approximate surface area is 149 Å². The van der Waals surface area contributed by atoms with Gasteiger partial charge in [0, 0.05) is 24.5 Å². The van der Waals surface area contributed by atoms with E-state index in [1.165, 1.54) is 16.7 Å². The first-order chi connectivity index (χ1) is 12.2. The van der Waals surface area contributed by atoms with Gasteiger partial charge in [-0.15, -0.1) is 0 Å². The van der Waals surface area contributed by atoms with Gasteiger partial charge in [-0.25, -0.2) is 0 Å². The van der Waals surface area contributed by atoms with Crippen molar-refractivity contribution in [3.8, 4) is 11.1 Å². The van der Waals surface area contributed by atoms with Crippen molar-refractivity contribution >= 4 is 0 Å². The summed E-state index contributed by atoms with van der Waals surface area (Å²) in [7, 11) is 0. The highest BCUT2D eigenvalue weighted by Gasteiger charge is 2.12. The first-order valence-corrected chi connectivity index (χ1v) is 8.63. The molecule has 3 rings (SSSR count). The molecule has 0 aliphatic heterocycles. The SMILES string of the molecule is CC(NC(C)c1cccc(CO)c1)c1ccc(-c2cccnc2)cc1. The molecule has 0 saturated heterocycles. The number of rotatable bonds is 6. The number of nitrogens with one attached hydrogen (secondary N) is 1. The molecule has 3 heteroatoms. The summed E-state index contributed by atoms with van der Waals surface area (Å²) in [6.45, 7) is 4.40. The van der Waals surface area contributed by atoms with E-state index in [1.807, 2.05) is 24.4 Å². The van der Waals surface area contributed by atoms with E-state index < -0.39 is 0 Å². The van der Waals surface area contributed by atoms with Crippen molar-refractivity contribution in [2.45, 2.75) is 32.5 Å². The molecule has 0 saturated carbocycles. The molecular weight excluding hydrogens is 308 g/mol. The molecule has 0 spiro atoms. The lowest BCUT2D eigenvalue weighted by Gasteiger charge is -2.21. The second-order valence-corrected chi connectivity index (χ2v) is 6.38. The van der Waals surface area contributed by atoms with Crippen LogP contribution in [-0.4, -0.2) is 10.1 Å². The molecule has 0 radical (unpaired) electrons. The highest BCUT2D eigenvalue weighted by Crippen LogP contribution is 2.23. The average molecular weight is 332 g/mol. The number of aromatic nitrogens is 1. The van der Waals surface area contributed by atoms with Crippen molar-refractivity contribution in [2.75, 3.05) is 0 Å². The average Bonchev–Trinajstić information content (AvgIpc) is 2.68. The third-order valence-electron chi connectivity index (χ3n) is 4.54. The molecule has 128 valence electrons. The van der Waals surface area contributed by atoms with Gasteiger partial charge in [0.25, 0.3) is 0 Å². The summed E-state index contributed by atoms with van der Waals surface area (Å²) in [5.41, 5.74) is 5.68. The Hall–Kier alpha value is -2.49. The van der Waals surface area contributed by atoms with Gasteiger partial charge in [-0.2, -0.15) is 0 Å². The summed E-state index contributed by atoms with van der Waals surface area (Å²) in [5.74, 6) is 0. The lowest BCUT2D eigenvalue weighted by Crippen LogP contribution is -2.22. The zero-order valence-electron chi connectivity index (χ0n) is 14.7. The van der Waals surface area contributed by atoms with Crippen LogP contribution in [0.1, 0.15) is 42.6 Å². The van der Waals surface area contributed by atoms with Crippen LogP contribution >= 0.6 is 0 Å². The van der Waals surface area contributed by atoms with E-state index in [0.717, 1.165) is 11.1 Å². The lowest BCUT2D eigenvalue weighted by atomic mass is 10.0. The van der Waals surface area contributed by atoms with Gasteiger partial charge in [0.2, 0.25) is 0 Å². The first kappa shape index (κ1) is 17.3. The minimum atomic E-state index is 0.0753. The number of hydrogen-bond acceptors (Lipinski definition) is 3. The minimum absolute atomic E-state index is 0.0753. The van der Waals surface area contributed by atoms with Crippen molar-refractivity contribution in [1.82, 2.24) is 10.3 Å². The summed E-state index contributed by atoms with van der Waals surface area (Å²) in [4.78, 5) is 4.18. The van der Waals surface area contributed by atoms with E-state index in [-0.39, 0.29) is 18.7 Å². The van der Waals surface area contributed by atoms with E-state index in [9.17, 15) is 5.11 Å². The third kappa shape index (κ3) is 4.32. The Morgan fingerprint density at radius 2 is 1.64 bits per heavy atom. The maximum absolute atomic E-state index is 9.30. The summed E-state index contributed by atoms with van der Waals surface area (Å²) in [5, 5.41) is 12.9. The second-order valence-electron chi connectivity index (χ2n) is 6.38. The summed E-state index contributed by atoms with van der Waals surface area (Å²) >= 11 is 0. The van der Waals surface area contributed by atoms with E-state index in [0.29, 0.717) is 0 Å². The van der Waals surface area contributed by atoms with Crippen molar-refractivity contribution in [3.05, 3.63) is 89.7 Å². The van der Waals surface area contributed by atoms with Crippen LogP contribution < -0.4 is 5.32 Å². The van der Waals surface area contributed by atoms with Gasteiger partial charge in [-0.1, -0.05) is 54.6 Å². The van der Waals surface area contributed by atoms with Crippen molar-refractivity contribution in [2.24, 2.45) is 0 Å². The number of benzene rings is 2. The highest BCUT2D eigenvalue weighted by molar-refractivity contribution is 5.62. The molecular formula is C22H24N2O. The highest BCUT2D eigenvalue weighted by atomic mass is 16.3. The predicted molar refractivity (Wildman–Crippen MR) is 102 cm³/mol. The molecule has 0 aliphatic carbocycles. The van der Waals surface area contributed by atoms with Crippen LogP contribution in [0.25, 0.3) is 11.1 Å². The molecule has 0 aliphatic rings. The summed E-state index contributed by atoms with van der Waals surface area (Å²) < 4.78 is 0. The maximum Gasteiger partial charge on any atom is 0.0681 e. The zero-order valence-corrected chi connectivity index (χ0v) is 14.7. The number of pyridine rings is 1. The molecule has 1 heterocycles. The number of aliphatic hydroxyl groups is 1. The van der Waals surface area contributed by atoms with Gasteiger partial charge >= 0.3 is 0 Å². The smallest absolute Gasteiger partial charge is 0.0681 e. The predicted octanol–water partition coefficient (Wildman–Crippen LogP) is 4.65. The molecule has 2 aromatic carbocycles. The second kappa shape index (κ2) is 8.06. The Morgan fingerprint density at radius 3 is 2.32 bits per heavy atom. The fraction of sp³-hybridized carbons (Fsp3) is 0.227. The van der Waals surface area contributed by atoms with Crippen LogP contribution in [0.3, 0.4) is 0 Å². The van der Waals surface area contributed by atoms with Crippen LogP contribution in [0.2, 0.25) is 0 Å². The van der Waals surface area contributed by atoms with Crippen molar-refractivity contribution in [1.29, 1.82) is 0 Å². The molecule has 1 aromatic heterocycles. The van der Waals surface area contributed by atoms with Crippen molar-refractivity contribution < 1.29 is 5.11 Å². The fourth-order valence-electron chi connectivity index (χ4n) is 3.03. The van der Waals surface area contributed by atoms with Crippen LogP contribution in [0.4, 0.5) is 0 Å². The van der Waals surface area contributed by atoms with Crippen molar-refractivity contribution in [3.63, 3.8) is 0 Å². The van der Waals surface area contributed by atoms with Crippen LogP contribution in [0.15, 0.2) is 73.1 Å². The van der Waals surface area contributed by atoms with Crippen LogP contribution in [0, 0.1) is 0 Å². The van der Waals surface area contributed by atoms with Gasteiger partial charge in [0.05, 0.1) is 6.61 Å². The molecule has 3 aromatic rings. The van der Waals surface area contributed by atoms with Crippen LogP contribution in [-0.2, 0) is 6.61 Å². The Bertz CT molecular complexity index is 800. The maximum atomic E-state index is 9.30. The Kier molecular flexibility index (Phi) is 5.59. The molecule has 2 N–H and O–H groups in total. The van der Waals surface area contributed by atoms with Gasteiger partial charge in [0.1, 0.15) is 0 Å². The van der Waals surface area contributed by atoms with E-state index in [1.54, 1.807) is 6.20 Å². The molecule has 2 unspecified atom stereocenters. The van der Waals surface area contributed by atoms with E-state index in [4.69, 9.17) is 0 Å². The molecule has 0 amide bonds. The van der Waals surface area contributed by atoms with Gasteiger partial charge < -0.3 is 10.4 Å². The molecule has 0 bridgehead atoms. The molecule has 0 fully saturated rings. The number of hydrogen-bond donors (Lipinski definition) is 2. The van der Waals surface area contributed by atoms with Gasteiger partial charge in [-0.05, 0) is 47.7 Å². The standard InChI is InChI=1S/C22H24N2O/c1-16(24-17(2)21-6-3-5-18(13-21)15-25)19-8-10-20(11-9-19)22-7-4-12-23-14-22/h3-14,16-17,24-25H,15H2,1-2H3. The topological polar surface area (TPSA) is 45.1 Å². The van der Waals surface area contributed by atoms with Crippen LogP contribution in [0.5, 0.6) is 0 Å². The normalized spacial score (nSPS) is 13.4. The molecule has 2 atom stereocenters. The largest absolute Gasteiger partial charge is 0.392 e. The molecule has 3 nitrogen and oxygen atoms in total. The zero-order chi connectivity index (χ0) is 17.6. The number of nitrogens with zero attached hydrogens (tertiary/aromatic N) is 1. The van der Waals surface area contributed by atoms with E-state index >= 15 is 0 Å². The monoisotopic (exact) mass is 332 g/mol. The summed E-state index contributed by atoms with van der Waals surface area (Å²) in [6.07, 6.45) is 3.67. The Morgan fingerprint density at radius 1 is 0.880 bits per heavy atom. The van der Waals surface area contributed by atoms with Gasteiger partial charge in [-0.3, -0.25) is 4.98 Å². The summed E-state index contributed by atoms with van der Waals surface area (Å²) in [6, 6.07) is 21.1. The lowest BCUT2D eigenvalue weighted by molar-refractivity contribution is 0.281. The third-order valence-corrected chi connectivity index (χ3v) is 4.54. The Balaban J connectivity index is 1.69. The van der Waals surface area contributed by atoms with Gasteiger partial charge in [0.15, 0.2) is 0 Å². The first-order valence-electron chi connectivity index (χ1n) is 8.63. The minimum Gasteiger partial charge on any atom is -0.392 e. The molecule has 25 heavy (non-hydrogen) atoms. The fourth-order valence-corrected chi connectivity index (χ4v) is 3.03. The quantitative estimate of drug-likeness (QED) is 0.690. The van der Waals surface area contributed by atoms with E-state index in [2.05, 4.69) is 66.6 Å².